The molecule has 6 nitrogen and oxygen atoms in total. The fraction of sp³-hybridized carbons (Fsp3) is 0.478. The van der Waals surface area contributed by atoms with Crippen LogP contribution in [0.25, 0.3) is 0 Å². The Bertz CT molecular complexity index is 915. The van der Waals surface area contributed by atoms with Crippen LogP contribution in [0.4, 0.5) is 0 Å². The van der Waals surface area contributed by atoms with Gasteiger partial charge in [-0.15, -0.1) is 0 Å². The molecule has 2 aromatic rings. The molecular formula is C23H27ClN2O4. The minimum atomic E-state index is -0.597. The van der Waals surface area contributed by atoms with Crippen molar-refractivity contribution in [2.24, 2.45) is 5.41 Å². The topological polar surface area (TPSA) is 60.9 Å². The van der Waals surface area contributed by atoms with E-state index < -0.39 is 5.60 Å². The van der Waals surface area contributed by atoms with Crippen LogP contribution in [0.15, 0.2) is 42.6 Å². The first-order valence-electron chi connectivity index (χ1n) is 10.2. The molecule has 2 aliphatic heterocycles. The fourth-order valence-electron chi connectivity index (χ4n) is 3.87. The van der Waals surface area contributed by atoms with Crippen LogP contribution in [0.5, 0.6) is 5.75 Å². The van der Waals surface area contributed by atoms with Gasteiger partial charge in [0, 0.05) is 24.7 Å². The summed E-state index contributed by atoms with van der Waals surface area (Å²) in [6.07, 6.45) is 2.13. The van der Waals surface area contributed by atoms with E-state index in [4.69, 9.17) is 25.8 Å². The molecule has 30 heavy (non-hydrogen) atoms. The zero-order chi connectivity index (χ0) is 21.4. The van der Waals surface area contributed by atoms with E-state index in [0.29, 0.717) is 42.5 Å². The first-order chi connectivity index (χ1) is 14.3. The van der Waals surface area contributed by atoms with Crippen molar-refractivity contribution in [1.82, 2.24) is 9.88 Å². The number of pyridine rings is 1. The minimum absolute atomic E-state index is 0.0229. The van der Waals surface area contributed by atoms with E-state index in [1.165, 1.54) is 0 Å². The maximum absolute atomic E-state index is 13.1. The van der Waals surface area contributed by atoms with E-state index in [1.54, 1.807) is 29.3 Å². The van der Waals surface area contributed by atoms with Gasteiger partial charge in [0.2, 0.25) is 0 Å². The number of fused-ring (bicyclic) bond motifs is 1. The van der Waals surface area contributed by atoms with Crippen LogP contribution in [-0.4, -0.2) is 48.4 Å². The Morgan fingerprint density at radius 1 is 1.33 bits per heavy atom. The highest BCUT2D eigenvalue weighted by molar-refractivity contribution is 6.32. The second-order valence-corrected chi connectivity index (χ2v) is 9.42. The number of carbonyl (C=O) groups excluding carboxylic acids is 1. The van der Waals surface area contributed by atoms with Gasteiger partial charge in [-0.2, -0.15) is 0 Å². The van der Waals surface area contributed by atoms with Gasteiger partial charge in [0.1, 0.15) is 24.2 Å². The van der Waals surface area contributed by atoms with E-state index in [-0.39, 0.29) is 24.2 Å². The Hall–Kier alpha value is -2.15. The van der Waals surface area contributed by atoms with Crippen LogP contribution in [0.2, 0.25) is 5.02 Å². The largest absolute Gasteiger partial charge is 0.491 e. The fourth-order valence-corrected chi connectivity index (χ4v) is 4.10. The molecular weight excluding hydrogens is 404 g/mol. The zero-order valence-corrected chi connectivity index (χ0v) is 18.3. The monoisotopic (exact) mass is 430 g/mol. The molecule has 0 bridgehead atoms. The van der Waals surface area contributed by atoms with Crippen molar-refractivity contribution in [3.05, 3.63) is 58.9 Å². The van der Waals surface area contributed by atoms with Crippen molar-refractivity contribution in [2.45, 2.75) is 38.9 Å². The number of benzene rings is 1. The first-order valence-corrected chi connectivity index (χ1v) is 10.5. The van der Waals surface area contributed by atoms with Gasteiger partial charge >= 0.3 is 0 Å². The molecule has 2 fully saturated rings. The van der Waals surface area contributed by atoms with E-state index in [1.807, 2.05) is 18.2 Å². The molecule has 1 aromatic carbocycles. The summed E-state index contributed by atoms with van der Waals surface area (Å²) in [7, 11) is 0. The van der Waals surface area contributed by atoms with E-state index in [9.17, 15) is 4.79 Å². The molecule has 1 amide bonds. The number of likely N-dealkylation sites (tertiary alicyclic amines) is 1. The number of halogens is 1. The van der Waals surface area contributed by atoms with E-state index >= 15 is 0 Å². The molecule has 0 saturated carbocycles. The number of piperidine rings is 1. The summed E-state index contributed by atoms with van der Waals surface area (Å²) >= 11 is 6.38. The zero-order valence-electron chi connectivity index (χ0n) is 17.6. The maximum Gasteiger partial charge on any atom is 0.254 e. The predicted octanol–water partition coefficient (Wildman–Crippen LogP) is 4.27. The highest BCUT2D eigenvalue weighted by Crippen LogP contribution is 2.42. The number of nitrogens with zero attached hydrogens (tertiary/aromatic N) is 2. The average molecular weight is 431 g/mol. The molecule has 7 heteroatoms. The lowest BCUT2D eigenvalue weighted by atomic mass is 9.85. The van der Waals surface area contributed by atoms with Gasteiger partial charge in [0.15, 0.2) is 0 Å². The van der Waals surface area contributed by atoms with Crippen LogP contribution in [0.1, 0.15) is 43.2 Å². The smallest absolute Gasteiger partial charge is 0.254 e. The van der Waals surface area contributed by atoms with Crippen LogP contribution < -0.4 is 4.74 Å². The molecule has 1 aromatic heterocycles. The van der Waals surface area contributed by atoms with Gasteiger partial charge in [-0.3, -0.25) is 9.78 Å². The summed E-state index contributed by atoms with van der Waals surface area (Å²) in [6, 6.07) is 11.0. The number of rotatable bonds is 4. The van der Waals surface area contributed by atoms with Crippen molar-refractivity contribution in [1.29, 1.82) is 0 Å². The molecule has 0 unspecified atom stereocenters. The molecule has 0 aliphatic carbocycles. The van der Waals surface area contributed by atoms with Crippen LogP contribution in [-0.2, 0) is 15.1 Å². The Morgan fingerprint density at radius 3 is 2.87 bits per heavy atom. The van der Waals surface area contributed by atoms with Gasteiger partial charge < -0.3 is 19.1 Å². The molecule has 0 radical (unpaired) electrons. The van der Waals surface area contributed by atoms with Gasteiger partial charge in [-0.05, 0) is 35.7 Å². The molecule has 2 saturated heterocycles. The summed E-state index contributed by atoms with van der Waals surface area (Å²) in [5.41, 5.74) is 0.811. The third-order valence-corrected chi connectivity index (χ3v) is 5.77. The highest BCUT2D eigenvalue weighted by atomic mass is 35.5. The minimum Gasteiger partial charge on any atom is -0.491 e. The van der Waals surface area contributed by atoms with E-state index in [0.717, 1.165) is 5.69 Å². The second-order valence-electron chi connectivity index (χ2n) is 9.02. The van der Waals surface area contributed by atoms with Gasteiger partial charge in [0.05, 0.1) is 23.9 Å². The van der Waals surface area contributed by atoms with Crippen molar-refractivity contribution in [3.63, 3.8) is 0 Å². The predicted molar refractivity (Wildman–Crippen MR) is 114 cm³/mol. The van der Waals surface area contributed by atoms with E-state index in [2.05, 4.69) is 25.8 Å². The number of amides is 1. The summed E-state index contributed by atoms with van der Waals surface area (Å²) < 4.78 is 17.6. The Morgan fingerprint density at radius 2 is 2.17 bits per heavy atom. The number of ether oxygens (including phenoxy) is 3. The second kappa shape index (κ2) is 8.17. The molecule has 2 atom stereocenters. The van der Waals surface area contributed by atoms with Gasteiger partial charge in [0.25, 0.3) is 5.91 Å². The molecule has 160 valence electrons. The molecule has 2 aliphatic rings. The van der Waals surface area contributed by atoms with Gasteiger partial charge in [-0.1, -0.05) is 38.4 Å². The third-order valence-electron chi connectivity index (χ3n) is 5.47. The van der Waals surface area contributed by atoms with Crippen LogP contribution in [0.3, 0.4) is 0 Å². The third kappa shape index (κ3) is 4.17. The summed E-state index contributed by atoms with van der Waals surface area (Å²) in [6.45, 7) is 8.01. The molecule has 4 rings (SSSR count). The van der Waals surface area contributed by atoms with Crippen LogP contribution in [0, 0.1) is 5.41 Å². The normalized spacial score (nSPS) is 23.9. The van der Waals surface area contributed by atoms with Crippen molar-refractivity contribution < 1.29 is 19.0 Å². The van der Waals surface area contributed by atoms with Crippen molar-refractivity contribution >= 4 is 17.5 Å². The number of hydrogen-bond acceptors (Lipinski definition) is 5. The van der Waals surface area contributed by atoms with Crippen molar-refractivity contribution in [3.8, 4) is 5.75 Å². The summed E-state index contributed by atoms with van der Waals surface area (Å²) in [4.78, 5) is 19.4. The number of carbonyl (C=O) groups is 1. The Labute approximate surface area is 182 Å². The summed E-state index contributed by atoms with van der Waals surface area (Å²) in [5.74, 6) is 0.507. The average Bonchev–Trinajstić information content (AvgIpc) is 3.16. The van der Waals surface area contributed by atoms with Gasteiger partial charge in [-0.25, -0.2) is 0 Å². The lowest BCUT2D eigenvalue weighted by molar-refractivity contribution is -0.0470. The SMILES string of the molecule is CC(C)(C)COc1ccc(C(=O)N2CC[C@]3(c4ccccn4)OCO[C@@H]3C2)cc1Cl. The quantitative estimate of drug-likeness (QED) is 0.724. The van der Waals surface area contributed by atoms with Crippen LogP contribution >= 0.6 is 11.6 Å². The number of aromatic nitrogens is 1. The Kier molecular flexibility index (Phi) is 5.75. The molecule has 0 spiro atoms. The molecule has 0 N–H and O–H groups in total. The maximum atomic E-state index is 13.1. The first kappa shape index (κ1) is 21.1. The summed E-state index contributed by atoms with van der Waals surface area (Å²) in [5, 5.41) is 0.436. The highest BCUT2D eigenvalue weighted by Gasteiger charge is 2.52. The van der Waals surface area contributed by atoms with Crippen molar-refractivity contribution in [2.75, 3.05) is 26.5 Å². The Balaban J connectivity index is 1.47. The number of hydrogen-bond donors (Lipinski definition) is 0. The lowest BCUT2D eigenvalue weighted by Crippen LogP contribution is -2.53. The lowest BCUT2D eigenvalue weighted by Gasteiger charge is -2.41. The standard InChI is InChI=1S/C23H27ClN2O4/c1-22(2,3)14-28-18-8-7-16(12-17(18)24)21(27)26-11-9-23(19-6-4-5-10-25-19)20(13-26)29-15-30-23/h4-8,10,12,20H,9,11,13-15H2,1-3H3/t20-,23-/m1/s1. The molecule has 3 heterocycles.